The van der Waals surface area contributed by atoms with E-state index in [1.165, 1.54) is 23.0 Å². The number of benzene rings is 1. The van der Waals surface area contributed by atoms with Crippen LogP contribution in [0.5, 0.6) is 0 Å². The van der Waals surface area contributed by atoms with Crippen LogP contribution >= 0.6 is 11.6 Å². The van der Waals surface area contributed by atoms with Gasteiger partial charge in [-0.3, -0.25) is 9.28 Å². The first-order valence-corrected chi connectivity index (χ1v) is 13.2. The summed E-state index contributed by atoms with van der Waals surface area (Å²) in [5.74, 6) is 0.0924. The van der Waals surface area contributed by atoms with Crippen LogP contribution in [0.25, 0.3) is 0 Å². The van der Waals surface area contributed by atoms with E-state index >= 15 is 0 Å². The molecule has 5 aliphatic rings. The minimum atomic E-state index is -2.89. The number of hydrogen-bond acceptors (Lipinski definition) is 4. The Kier molecular flexibility index (Phi) is 4.94. The molecule has 1 amide bonds. The number of alkyl halides is 2. The molecule has 2 aromatic rings. The number of amides is 1. The molecule has 4 aliphatic heterocycles. The first-order chi connectivity index (χ1) is 17.3. The summed E-state index contributed by atoms with van der Waals surface area (Å²) in [5.41, 5.74) is 1.27. The summed E-state index contributed by atoms with van der Waals surface area (Å²) in [6.07, 6.45) is 1.11. The van der Waals surface area contributed by atoms with Crippen LogP contribution in [0, 0.1) is 11.7 Å². The van der Waals surface area contributed by atoms with Gasteiger partial charge in [0.15, 0.2) is 18.1 Å². The summed E-state index contributed by atoms with van der Waals surface area (Å²) < 4.78 is 42.3. The molecule has 1 spiro atoms. The summed E-state index contributed by atoms with van der Waals surface area (Å²) in [7, 11) is 0. The monoisotopic (exact) mass is 518 g/mol. The van der Waals surface area contributed by atoms with E-state index in [1.54, 1.807) is 6.92 Å². The maximum atomic E-state index is 14.7. The van der Waals surface area contributed by atoms with Crippen molar-refractivity contribution in [3.05, 3.63) is 51.7 Å². The first-order valence-electron chi connectivity index (χ1n) is 12.8. The molecular formula is C26H28ClF3N5O+. The molecule has 4 fully saturated rings. The summed E-state index contributed by atoms with van der Waals surface area (Å²) in [6, 6.07) is 6.65. The number of aromatic nitrogens is 2. The standard InChI is InChI=1S/C26H28ClF3N5O/c1-12(15-3-2-4-16(22(15)28)24(29)30)31-25-17-7-13(8-18(17)32-26(27)33-25)5-6-21(36)34-10-14-9-19-23-20(11-34)35(14,19)23/h2-4,12-14,19-20,23-24H,5-11H2,1H3,(H,31,32,33)/q+1/t12-,13?,14?,19?,20?,23?,35?/m1/s1. The number of hydrogen-bond donors (Lipinski definition) is 1. The van der Waals surface area contributed by atoms with Gasteiger partial charge in [0.05, 0.1) is 36.8 Å². The fourth-order valence-corrected chi connectivity index (χ4v) is 7.86. The number of piperidine rings is 1. The average molecular weight is 519 g/mol. The van der Waals surface area contributed by atoms with Gasteiger partial charge in [0.25, 0.3) is 6.43 Å². The number of halogens is 4. The molecule has 1 N–H and O–H groups in total. The Morgan fingerprint density at radius 1 is 1.22 bits per heavy atom. The fourth-order valence-electron chi connectivity index (χ4n) is 7.68. The van der Waals surface area contributed by atoms with Crippen molar-refractivity contribution >= 4 is 23.3 Å². The predicted octanol–water partition coefficient (Wildman–Crippen LogP) is 4.44. The highest BCUT2D eigenvalue weighted by atomic mass is 35.5. The molecule has 190 valence electrons. The number of nitrogens with zero attached hydrogens (tertiary/aromatic N) is 4. The Balaban J connectivity index is 1.00. The van der Waals surface area contributed by atoms with Gasteiger partial charge in [-0.15, -0.1) is 0 Å². The van der Waals surface area contributed by atoms with Crippen LogP contribution in [0.15, 0.2) is 18.2 Å². The number of carbonyl (C=O) groups is 1. The van der Waals surface area contributed by atoms with Crippen LogP contribution in [0.3, 0.4) is 0 Å². The van der Waals surface area contributed by atoms with Crippen molar-refractivity contribution in [1.82, 2.24) is 14.9 Å². The van der Waals surface area contributed by atoms with Gasteiger partial charge in [-0.2, -0.15) is 0 Å². The third-order valence-electron chi connectivity index (χ3n) is 9.53. The van der Waals surface area contributed by atoms with E-state index in [4.69, 9.17) is 11.6 Å². The van der Waals surface area contributed by atoms with Gasteiger partial charge in [-0.05, 0) is 43.7 Å². The van der Waals surface area contributed by atoms with E-state index in [9.17, 15) is 18.0 Å². The molecule has 7 rings (SSSR count). The van der Waals surface area contributed by atoms with Gasteiger partial charge in [-0.1, -0.05) is 18.2 Å². The smallest absolute Gasteiger partial charge is 0.266 e. The second kappa shape index (κ2) is 7.81. The number of fused-ring (bicyclic) bond motifs is 3. The molecule has 6 nitrogen and oxygen atoms in total. The Bertz CT molecular complexity index is 1280. The molecule has 36 heavy (non-hydrogen) atoms. The Morgan fingerprint density at radius 2 is 2.03 bits per heavy atom. The van der Waals surface area contributed by atoms with Crippen molar-refractivity contribution in [2.24, 2.45) is 5.92 Å². The van der Waals surface area contributed by atoms with E-state index in [0.29, 0.717) is 31.1 Å². The number of likely N-dealkylation sites (tertiary alicyclic amines) is 1. The van der Waals surface area contributed by atoms with Crippen LogP contribution in [0.1, 0.15) is 61.0 Å². The lowest BCUT2D eigenvalue weighted by Crippen LogP contribution is -2.63. The second-order valence-corrected chi connectivity index (χ2v) is 11.5. The fraction of sp³-hybridized carbons (Fsp3) is 0.577. The van der Waals surface area contributed by atoms with E-state index in [0.717, 1.165) is 55.0 Å². The molecule has 0 bridgehead atoms. The summed E-state index contributed by atoms with van der Waals surface area (Å²) >= 11 is 6.18. The maximum absolute atomic E-state index is 14.7. The van der Waals surface area contributed by atoms with Crippen molar-refractivity contribution in [3.8, 4) is 0 Å². The first kappa shape index (κ1) is 22.8. The molecule has 0 saturated carbocycles. The Labute approximate surface area is 212 Å². The normalized spacial score (nSPS) is 33.4. The minimum absolute atomic E-state index is 0.0872. The molecule has 1 aromatic carbocycles. The predicted molar refractivity (Wildman–Crippen MR) is 127 cm³/mol. The van der Waals surface area contributed by atoms with Gasteiger partial charge in [-0.25, -0.2) is 23.1 Å². The molecule has 6 unspecified atom stereocenters. The molecule has 10 heteroatoms. The van der Waals surface area contributed by atoms with Crippen LogP contribution < -0.4 is 5.32 Å². The van der Waals surface area contributed by atoms with Crippen LogP contribution in [-0.2, 0) is 17.6 Å². The summed E-state index contributed by atoms with van der Waals surface area (Å²) in [4.78, 5) is 23.8. The van der Waals surface area contributed by atoms with Crippen LogP contribution in [0.4, 0.5) is 19.0 Å². The molecule has 7 atom stereocenters. The van der Waals surface area contributed by atoms with Gasteiger partial charge in [0.1, 0.15) is 17.7 Å². The molecule has 0 radical (unpaired) electrons. The van der Waals surface area contributed by atoms with E-state index in [2.05, 4.69) is 20.2 Å². The van der Waals surface area contributed by atoms with Gasteiger partial charge < -0.3 is 10.2 Å². The summed E-state index contributed by atoms with van der Waals surface area (Å²) in [5, 5.41) is 3.26. The van der Waals surface area contributed by atoms with E-state index < -0.39 is 23.8 Å². The highest BCUT2D eigenvalue weighted by molar-refractivity contribution is 6.28. The number of piperazine rings is 1. The lowest BCUT2D eigenvalue weighted by Gasteiger charge is -2.43. The lowest BCUT2D eigenvalue weighted by atomic mass is 9.90. The topological polar surface area (TPSA) is 58.1 Å². The zero-order valence-electron chi connectivity index (χ0n) is 19.9. The van der Waals surface area contributed by atoms with Crippen molar-refractivity contribution in [3.63, 3.8) is 0 Å². The molecule has 1 aromatic heterocycles. The highest BCUT2D eigenvalue weighted by Gasteiger charge is 3.00. The Morgan fingerprint density at radius 3 is 2.78 bits per heavy atom. The van der Waals surface area contributed by atoms with Crippen LogP contribution in [0.2, 0.25) is 5.28 Å². The van der Waals surface area contributed by atoms with E-state index in [1.807, 2.05) is 0 Å². The molecule has 4 saturated heterocycles. The van der Waals surface area contributed by atoms with Gasteiger partial charge >= 0.3 is 0 Å². The number of carbonyl (C=O) groups excluding carboxylic acids is 1. The maximum Gasteiger partial charge on any atom is 0.266 e. The van der Waals surface area contributed by atoms with E-state index in [-0.39, 0.29) is 22.7 Å². The van der Waals surface area contributed by atoms with Crippen molar-refractivity contribution in [2.45, 2.75) is 75.7 Å². The van der Waals surface area contributed by atoms with Gasteiger partial charge in [0.2, 0.25) is 11.2 Å². The lowest BCUT2D eigenvalue weighted by molar-refractivity contribution is -0.818. The zero-order valence-corrected chi connectivity index (χ0v) is 20.7. The molecule has 5 heterocycles. The number of anilines is 1. The van der Waals surface area contributed by atoms with Crippen molar-refractivity contribution < 1.29 is 22.4 Å². The number of rotatable bonds is 7. The van der Waals surface area contributed by atoms with Crippen LogP contribution in [-0.4, -0.2) is 62.5 Å². The minimum Gasteiger partial charge on any atom is -0.363 e. The Hall–Kier alpha value is -2.39. The van der Waals surface area contributed by atoms with Crippen molar-refractivity contribution in [1.29, 1.82) is 0 Å². The third-order valence-corrected chi connectivity index (χ3v) is 9.70. The number of quaternary nitrogens is 1. The third kappa shape index (κ3) is 3.17. The largest absolute Gasteiger partial charge is 0.363 e. The number of nitrogens with one attached hydrogen (secondary N) is 1. The molecule has 1 aliphatic carbocycles. The average Bonchev–Trinajstić information content (AvgIpc) is 3.55. The van der Waals surface area contributed by atoms with Crippen molar-refractivity contribution in [2.75, 3.05) is 18.4 Å². The SMILES string of the molecule is C[C@@H](Nc1nc(Cl)nc2c1CC(CCC(=O)N1CC3CC4C5C(C1)[N+]345)C2)c1cccc(C(F)F)c1F. The highest BCUT2D eigenvalue weighted by Crippen LogP contribution is 2.75. The quantitative estimate of drug-likeness (QED) is 0.334. The molecular weight excluding hydrogens is 491 g/mol. The summed E-state index contributed by atoms with van der Waals surface area (Å²) in [6.45, 7) is 3.55. The zero-order chi connectivity index (χ0) is 24.9. The van der Waals surface area contributed by atoms with Gasteiger partial charge in [0, 0.05) is 17.5 Å². The second-order valence-electron chi connectivity index (χ2n) is 11.2.